The first-order chi connectivity index (χ1) is 14.2. The lowest BCUT2D eigenvalue weighted by molar-refractivity contribution is 0.0981. The second-order valence-corrected chi connectivity index (χ2v) is 10.4. The number of aromatic nitrogens is 2. The highest BCUT2D eigenvalue weighted by Crippen LogP contribution is 2.36. The van der Waals surface area contributed by atoms with E-state index in [9.17, 15) is 17.6 Å². The molecular formula is C20H25FN4O4S. The average Bonchev–Trinajstić information content (AvgIpc) is 3.32. The van der Waals surface area contributed by atoms with Gasteiger partial charge in [0.05, 0.1) is 17.2 Å². The van der Waals surface area contributed by atoms with Crippen LogP contribution in [-0.2, 0) is 26.1 Å². The first-order valence-electron chi connectivity index (χ1n) is 10.00. The second-order valence-electron chi connectivity index (χ2n) is 8.30. The van der Waals surface area contributed by atoms with Crippen LogP contribution >= 0.6 is 0 Å². The molecule has 0 radical (unpaired) electrons. The Balaban J connectivity index is 1.39. The van der Waals surface area contributed by atoms with E-state index in [0.29, 0.717) is 23.4 Å². The summed E-state index contributed by atoms with van der Waals surface area (Å²) >= 11 is 0. The Morgan fingerprint density at radius 1 is 1.23 bits per heavy atom. The molecule has 0 spiro atoms. The van der Waals surface area contributed by atoms with Crippen LogP contribution in [0.5, 0.6) is 0 Å². The lowest BCUT2D eigenvalue weighted by Gasteiger charge is -2.14. The third-order valence-electron chi connectivity index (χ3n) is 5.41. The molecule has 30 heavy (non-hydrogen) atoms. The molecule has 1 fully saturated rings. The number of ether oxygens (including phenoxy) is 1. The molecular weight excluding hydrogens is 411 g/mol. The highest BCUT2D eigenvalue weighted by Gasteiger charge is 2.30. The number of carbonyl (C=O) groups is 1. The predicted molar refractivity (Wildman–Crippen MR) is 110 cm³/mol. The van der Waals surface area contributed by atoms with Gasteiger partial charge in [-0.25, -0.2) is 17.6 Å². The van der Waals surface area contributed by atoms with Crippen LogP contribution in [0.3, 0.4) is 0 Å². The van der Waals surface area contributed by atoms with Crippen LogP contribution in [0, 0.1) is 5.82 Å². The highest BCUT2D eigenvalue weighted by molar-refractivity contribution is 7.90. The molecule has 2 aromatic rings. The number of anilines is 2. The molecule has 4 rings (SSSR count). The predicted octanol–water partition coefficient (Wildman–Crippen LogP) is 3.49. The number of hydrogen-bond donors (Lipinski definition) is 3. The fraction of sp³-hybridized carbons (Fsp3) is 0.500. The van der Waals surface area contributed by atoms with Gasteiger partial charge in [0.15, 0.2) is 15.7 Å². The molecule has 1 amide bonds. The van der Waals surface area contributed by atoms with Gasteiger partial charge in [-0.2, -0.15) is 5.10 Å². The number of carbonyl (C=O) groups excluding carboxylic acids is 1. The van der Waals surface area contributed by atoms with Gasteiger partial charge in [0, 0.05) is 23.7 Å². The quantitative estimate of drug-likeness (QED) is 0.661. The molecule has 162 valence electrons. The van der Waals surface area contributed by atoms with Crippen LogP contribution in [0.25, 0.3) is 0 Å². The van der Waals surface area contributed by atoms with Gasteiger partial charge in [0.25, 0.3) is 0 Å². The zero-order valence-electron chi connectivity index (χ0n) is 16.9. The van der Waals surface area contributed by atoms with Crippen LogP contribution in [0.4, 0.5) is 20.7 Å². The number of hydrogen-bond acceptors (Lipinski definition) is 6. The second kappa shape index (κ2) is 7.90. The summed E-state index contributed by atoms with van der Waals surface area (Å²) in [6, 6.07) is 4.65. The van der Waals surface area contributed by atoms with Gasteiger partial charge in [-0.05, 0) is 56.4 Å². The summed E-state index contributed by atoms with van der Waals surface area (Å²) in [5.41, 5.74) is 2.21. The molecule has 1 aliphatic carbocycles. The molecule has 2 aliphatic rings. The first-order valence-corrected chi connectivity index (χ1v) is 11.8. The van der Waals surface area contributed by atoms with Crippen molar-refractivity contribution in [2.45, 2.75) is 62.7 Å². The summed E-state index contributed by atoms with van der Waals surface area (Å²) in [7, 11) is -3.20. The van der Waals surface area contributed by atoms with E-state index in [0.717, 1.165) is 18.5 Å². The Morgan fingerprint density at radius 3 is 2.70 bits per heavy atom. The number of nitrogens with one attached hydrogen (secondary N) is 3. The van der Waals surface area contributed by atoms with Gasteiger partial charge in [-0.3, -0.25) is 5.10 Å². The molecule has 8 nitrogen and oxygen atoms in total. The van der Waals surface area contributed by atoms with Gasteiger partial charge in [0.1, 0.15) is 11.9 Å². The lowest BCUT2D eigenvalue weighted by atomic mass is 10.0. The summed E-state index contributed by atoms with van der Waals surface area (Å²) in [6.45, 7) is 3.75. The molecule has 2 heterocycles. The maximum absolute atomic E-state index is 14.4. The largest absolute Gasteiger partial charge is 0.446 e. The van der Waals surface area contributed by atoms with Gasteiger partial charge >= 0.3 is 6.09 Å². The fourth-order valence-corrected chi connectivity index (χ4v) is 5.63. The van der Waals surface area contributed by atoms with Crippen molar-refractivity contribution in [2.24, 2.45) is 0 Å². The number of amides is 1. The zero-order valence-corrected chi connectivity index (χ0v) is 17.7. The van der Waals surface area contributed by atoms with Crippen molar-refractivity contribution in [1.29, 1.82) is 0 Å². The third-order valence-corrected chi connectivity index (χ3v) is 6.91. The van der Waals surface area contributed by atoms with Gasteiger partial charge in [0.2, 0.25) is 0 Å². The minimum atomic E-state index is -3.20. The molecule has 2 atom stereocenters. The number of fused-ring (bicyclic) bond motifs is 1. The summed E-state index contributed by atoms with van der Waals surface area (Å²) in [6.07, 6.45) is 1.76. The summed E-state index contributed by atoms with van der Waals surface area (Å²) in [5.74, 6) is -0.0872. The van der Waals surface area contributed by atoms with E-state index in [1.807, 2.05) is 19.9 Å². The maximum Gasteiger partial charge on any atom is 0.407 e. The SMILES string of the molecule is CC(C)NC(=O)O[C@@H]1CC[C@H](c2cc(Nc3cc4c(cc3F)CS(=O)(=O)C4)n[nH]2)C1. The van der Waals surface area contributed by atoms with Crippen molar-refractivity contribution in [3.63, 3.8) is 0 Å². The molecule has 1 aromatic carbocycles. The number of nitrogens with zero attached hydrogens (tertiary/aromatic N) is 1. The Labute approximate surface area is 174 Å². The van der Waals surface area contributed by atoms with Crippen molar-refractivity contribution < 1.29 is 22.3 Å². The number of halogens is 1. The van der Waals surface area contributed by atoms with E-state index >= 15 is 0 Å². The lowest BCUT2D eigenvalue weighted by Crippen LogP contribution is -2.33. The number of sulfone groups is 1. The summed E-state index contributed by atoms with van der Waals surface area (Å²) in [5, 5.41) is 12.8. The number of benzene rings is 1. The van der Waals surface area contributed by atoms with E-state index in [2.05, 4.69) is 20.8 Å². The van der Waals surface area contributed by atoms with E-state index in [1.54, 1.807) is 0 Å². The average molecular weight is 437 g/mol. The number of aromatic amines is 1. The van der Waals surface area contributed by atoms with Crippen LogP contribution in [0.15, 0.2) is 18.2 Å². The Hall–Kier alpha value is -2.62. The summed E-state index contributed by atoms with van der Waals surface area (Å²) < 4.78 is 43.4. The van der Waals surface area contributed by atoms with Crippen molar-refractivity contribution in [1.82, 2.24) is 15.5 Å². The monoisotopic (exact) mass is 436 g/mol. The number of alkyl carbamates (subject to hydrolysis) is 1. The fourth-order valence-electron chi connectivity index (χ4n) is 4.05. The standard InChI is InChI=1S/C20H25FN4O4S/c1-11(2)22-20(26)29-15-4-3-12(5-15)17-8-19(25-24-17)23-18-7-14-10-30(27,28)9-13(14)6-16(18)21/h6-8,11-12,15H,3-5,9-10H2,1-2H3,(H,22,26)(H2,23,24,25)/t12-,15+/m0/s1. The number of rotatable bonds is 5. The van der Waals surface area contributed by atoms with E-state index in [4.69, 9.17) is 4.74 Å². The topological polar surface area (TPSA) is 113 Å². The van der Waals surface area contributed by atoms with Crippen LogP contribution in [0.1, 0.15) is 55.8 Å². The first kappa shape index (κ1) is 20.6. The van der Waals surface area contributed by atoms with Gasteiger partial charge in [-0.15, -0.1) is 0 Å². The van der Waals surface area contributed by atoms with Crippen molar-refractivity contribution in [3.8, 4) is 0 Å². The molecule has 0 bridgehead atoms. The van der Waals surface area contributed by atoms with E-state index < -0.39 is 21.7 Å². The Morgan fingerprint density at radius 2 is 1.97 bits per heavy atom. The molecule has 0 unspecified atom stereocenters. The van der Waals surface area contributed by atoms with Crippen molar-refractivity contribution in [2.75, 3.05) is 5.32 Å². The molecule has 0 saturated heterocycles. The Bertz CT molecular complexity index is 1070. The van der Waals surface area contributed by atoms with Crippen molar-refractivity contribution >= 4 is 27.4 Å². The normalized spacial score (nSPS) is 22.1. The smallest absolute Gasteiger partial charge is 0.407 e. The van der Waals surface area contributed by atoms with Gasteiger partial charge in [-0.1, -0.05) is 0 Å². The number of H-pyrrole nitrogens is 1. The minimum absolute atomic E-state index is 0.0238. The molecule has 1 saturated carbocycles. The highest BCUT2D eigenvalue weighted by atomic mass is 32.2. The molecule has 3 N–H and O–H groups in total. The summed E-state index contributed by atoms with van der Waals surface area (Å²) in [4.78, 5) is 11.8. The van der Waals surface area contributed by atoms with Crippen molar-refractivity contribution in [3.05, 3.63) is 40.8 Å². The maximum atomic E-state index is 14.4. The minimum Gasteiger partial charge on any atom is -0.446 e. The van der Waals surface area contributed by atoms with Gasteiger partial charge < -0.3 is 15.4 Å². The zero-order chi connectivity index (χ0) is 21.5. The molecule has 1 aromatic heterocycles. The Kier molecular flexibility index (Phi) is 5.44. The third kappa shape index (κ3) is 4.58. The van der Waals surface area contributed by atoms with E-state index in [-0.39, 0.29) is 35.3 Å². The molecule has 1 aliphatic heterocycles. The van der Waals surface area contributed by atoms with Crippen LogP contribution in [-0.4, -0.2) is 36.9 Å². The molecule has 10 heteroatoms. The van der Waals surface area contributed by atoms with Crippen LogP contribution < -0.4 is 10.6 Å². The van der Waals surface area contributed by atoms with E-state index in [1.165, 1.54) is 12.1 Å². The van der Waals surface area contributed by atoms with Crippen LogP contribution in [0.2, 0.25) is 0 Å².